The van der Waals surface area contributed by atoms with Gasteiger partial charge in [0.25, 0.3) is 11.8 Å². The second kappa shape index (κ2) is 11.1. The third-order valence-corrected chi connectivity index (χ3v) is 5.64. The fourth-order valence-electron chi connectivity index (χ4n) is 2.70. The van der Waals surface area contributed by atoms with E-state index in [4.69, 9.17) is 9.47 Å². The van der Waals surface area contributed by atoms with Gasteiger partial charge in [-0.3, -0.25) is 14.4 Å². The molecular weight excluding hydrogens is 545 g/mol. The molecule has 1 aliphatic rings. The van der Waals surface area contributed by atoms with Crippen LogP contribution in [-0.2, 0) is 14.4 Å². The first-order valence-electron chi connectivity index (χ1n) is 9.60. The Balaban J connectivity index is 1.74. The molecule has 2 aromatic carbocycles. The van der Waals surface area contributed by atoms with Crippen LogP contribution in [0.1, 0.15) is 19.4 Å². The van der Waals surface area contributed by atoms with Crippen LogP contribution in [0, 0.1) is 3.57 Å². The fourth-order valence-corrected chi connectivity index (χ4v) is 4.34. The van der Waals surface area contributed by atoms with Gasteiger partial charge in [-0.25, -0.2) is 0 Å². The molecule has 32 heavy (non-hydrogen) atoms. The molecule has 166 valence electrons. The second-order valence-electron chi connectivity index (χ2n) is 6.48. The highest BCUT2D eigenvalue weighted by molar-refractivity contribution is 14.1. The van der Waals surface area contributed by atoms with E-state index in [2.05, 4.69) is 38.2 Å². The number of ether oxygens (including phenoxy) is 2. The number of carbonyl (C=O) groups excluding carboxylic acids is 3. The predicted octanol–water partition coefficient (Wildman–Crippen LogP) is 3.81. The number of carbonyl (C=O) groups is 3. The monoisotopic (exact) mass is 565 g/mol. The Labute approximate surface area is 203 Å². The zero-order valence-electron chi connectivity index (χ0n) is 17.3. The van der Waals surface area contributed by atoms with Gasteiger partial charge in [-0.15, -0.1) is 0 Å². The predicted molar refractivity (Wildman–Crippen MR) is 133 cm³/mol. The number of para-hydroxylation sites is 1. The van der Waals surface area contributed by atoms with Crippen LogP contribution in [0.5, 0.6) is 11.5 Å². The molecule has 0 radical (unpaired) electrons. The van der Waals surface area contributed by atoms with E-state index in [1.807, 2.05) is 31.2 Å². The van der Waals surface area contributed by atoms with E-state index >= 15 is 0 Å². The highest BCUT2D eigenvalue weighted by atomic mass is 127. The van der Waals surface area contributed by atoms with Gasteiger partial charge >= 0.3 is 0 Å². The van der Waals surface area contributed by atoms with Gasteiger partial charge in [0.15, 0.2) is 23.3 Å². The van der Waals surface area contributed by atoms with E-state index < -0.39 is 5.91 Å². The summed E-state index contributed by atoms with van der Waals surface area (Å²) in [4.78, 5) is 39.8. The molecule has 0 atom stereocenters. The molecule has 3 amide bonds. The van der Waals surface area contributed by atoms with Gasteiger partial charge < -0.3 is 20.1 Å². The smallest absolute Gasteiger partial charge is 0.286 e. The van der Waals surface area contributed by atoms with Crippen molar-refractivity contribution >= 4 is 69.0 Å². The van der Waals surface area contributed by atoms with Crippen LogP contribution >= 0.6 is 34.4 Å². The van der Waals surface area contributed by atoms with Crippen molar-refractivity contribution in [1.82, 2.24) is 5.32 Å². The van der Waals surface area contributed by atoms with Crippen molar-refractivity contribution in [3.63, 3.8) is 0 Å². The van der Waals surface area contributed by atoms with E-state index in [1.165, 1.54) is 6.92 Å². The number of amides is 3. The Hall–Kier alpha value is -2.86. The number of aliphatic imine (C=N–C) groups is 1. The van der Waals surface area contributed by atoms with E-state index in [1.54, 1.807) is 24.3 Å². The SMILES string of the molecule is CCOc1cc(/C=C2\SC(NC(C)=O)=NC2=O)cc(I)c1OCC(=O)Nc1ccccc1. The summed E-state index contributed by atoms with van der Waals surface area (Å²) >= 11 is 3.18. The maximum absolute atomic E-state index is 12.2. The van der Waals surface area contributed by atoms with Gasteiger partial charge in [-0.05, 0) is 77.2 Å². The second-order valence-corrected chi connectivity index (χ2v) is 8.67. The van der Waals surface area contributed by atoms with Crippen molar-refractivity contribution in [3.05, 3.63) is 56.5 Å². The lowest BCUT2D eigenvalue weighted by atomic mass is 10.2. The number of nitrogens with zero attached hydrogens (tertiary/aromatic N) is 1. The normalized spacial score (nSPS) is 14.2. The lowest BCUT2D eigenvalue weighted by Gasteiger charge is -2.15. The quantitative estimate of drug-likeness (QED) is 0.391. The van der Waals surface area contributed by atoms with Gasteiger partial charge in [0.1, 0.15) is 0 Å². The minimum absolute atomic E-state index is 0.187. The molecule has 1 aliphatic heterocycles. The highest BCUT2D eigenvalue weighted by Gasteiger charge is 2.23. The van der Waals surface area contributed by atoms with E-state index in [0.717, 1.165) is 11.8 Å². The number of hydrogen-bond donors (Lipinski definition) is 2. The van der Waals surface area contributed by atoms with Crippen molar-refractivity contribution in [2.24, 2.45) is 4.99 Å². The standard InChI is InChI=1S/C22H20IN3O5S/c1-3-30-17-10-14(11-18-21(29)26-22(32-18)24-13(2)27)9-16(23)20(17)31-12-19(28)25-15-7-5-4-6-8-15/h4-11H,3,12H2,1-2H3,(H,25,28)(H,24,26,27,29)/b18-11-. The first-order valence-corrected chi connectivity index (χ1v) is 11.5. The molecule has 0 aliphatic carbocycles. The van der Waals surface area contributed by atoms with Gasteiger partial charge in [-0.2, -0.15) is 4.99 Å². The molecule has 0 fully saturated rings. The Morgan fingerprint density at radius 3 is 2.59 bits per heavy atom. The van der Waals surface area contributed by atoms with E-state index in [0.29, 0.717) is 37.8 Å². The number of benzene rings is 2. The van der Waals surface area contributed by atoms with E-state index in [-0.39, 0.29) is 23.6 Å². The van der Waals surface area contributed by atoms with Crippen molar-refractivity contribution < 1.29 is 23.9 Å². The van der Waals surface area contributed by atoms with Crippen molar-refractivity contribution in [2.75, 3.05) is 18.5 Å². The highest BCUT2D eigenvalue weighted by Crippen LogP contribution is 2.36. The third-order valence-electron chi connectivity index (χ3n) is 3.94. The molecule has 0 aromatic heterocycles. The first-order chi connectivity index (χ1) is 15.4. The van der Waals surface area contributed by atoms with Gasteiger partial charge in [0.2, 0.25) is 5.91 Å². The molecule has 0 bridgehead atoms. The Kier molecular flexibility index (Phi) is 8.28. The van der Waals surface area contributed by atoms with Crippen LogP contribution in [0.4, 0.5) is 5.69 Å². The summed E-state index contributed by atoms with van der Waals surface area (Å²) in [5.41, 5.74) is 1.39. The number of nitrogens with one attached hydrogen (secondary N) is 2. The summed E-state index contributed by atoms with van der Waals surface area (Å²) in [5.74, 6) is -0.118. The van der Waals surface area contributed by atoms with Crippen LogP contribution in [0.2, 0.25) is 0 Å². The van der Waals surface area contributed by atoms with Gasteiger partial charge in [-0.1, -0.05) is 18.2 Å². The van der Waals surface area contributed by atoms with Crippen LogP contribution in [-0.4, -0.2) is 36.1 Å². The summed E-state index contributed by atoms with van der Waals surface area (Å²) < 4.78 is 12.2. The maximum atomic E-state index is 12.2. The Morgan fingerprint density at radius 1 is 1.16 bits per heavy atom. The average molecular weight is 565 g/mol. The number of halogens is 1. The number of amidine groups is 1. The molecule has 8 nitrogen and oxygen atoms in total. The zero-order chi connectivity index (χ0) is 23.1. The minimum Gasteiger partial charge on any atom is -0.490 e. The third kappa shape index (κ3) is 6.57. The summed E-state index contributed by atoms with van der Waals surface area (Å²) in [5, 5.41) is 5.53. The molecule has 0 saturated heterocycles. The number of thioether (sulfide) groups is 1. The topological polar surface area (TPSA) is 106 Å². The summed E-state index contributed by atoms with van der Waals surface area (Å²) in [6.45, 7) is 3.40. The molecule has 0 saturated carbocycles. The molecule has 0 unspecified atom stereocenters. The first kappa shape index (κ1) is 23.8. The average Bonchev–Trinajstić information content (AvgIpc) is 3.06. The Morgan fingerprint density at radius 2 is 1.91 bits per heavy atom. The van der Waals surface area contributed by atoms with Crippen molar-refractivity contribution in [2.45, 2.75) is 13.8 Å². The van der Waals surface area contributed by atoms with Crippen molar-refractivity contribution in [3.8, 4) is 11.5 Å². The minimum atomic E-state index is -0.426. The Bertz CT molecular complexity index is 1100. The van der Waals surface area contributed by atoms with Crippen LogP contribution in [0.25, 0.3) is 6.08 Å². The summed E-state index contributed by atoms with van der Waals surface area (Å²) in [6, 6.07) is 12.6. The molecule has 0 spiro atoms. The lowest BCUT2D eigenvalue weighted by molar-refractivity contribution is -0.118. The molecule has 3 rings (SSSR count). The van der Waals surface area contributed by atoms with Crippen LogP contribution in [0.3, 0.4) is 0 Å². The molecule has 2 aromatic rings. The molecule has 2 N–H and O–H groups in total. The summed E-state index contributed by atoms with van der Waals surface area (Å²) in [6.07, 6.45) is 1.67. The van der Waals surface area contributed by atoms with Crippen LogP contribution < -0.4 is 20.1 Å². The summed E-state index contributed by atoms with van der Waals surface area (Å²) in [7, 11) is 0. The molecule has 10 heteroatoms. The number of rotatable bonds is 7. The van der Waals surface area contributed by atoms with Crippen molar-refractivity contribution in [1.29, 1.82) is 0 Å². The largest absolute Gasteiger partial charge is 0.490 e. The fraction of sp³-hybridized carbons (Fsp3) is 0.182. The van der Waals surface area contributed by atoms with Gasteiger partial charge in [0, 0.05) is 12.6 Å². The number of anilines is 1. The lowest BCUT2D eigenvalue weighted by Crippen LogP contribution is -2.23. The van der Waals surface area contributed by atoms with Gasteiger partial charge in [0.05, 0.1) is 15.1 Å². The molecule has 1 heterocycles. The van der Waals surface area contributed by atoms with E-state index in [9.17, 15) is 14.4 Å². The number of hydrogen-bond acceptors (Lipinski definition) is 6. The maximum Gasteiger partial charge on any atom is 0.286 e. The zero-order valence-corrected chi connectivity index (χ0v) is 20.3. The molecular formula is C22H20IN3O5S. The van der Waals surface area contributed by atoms with Crippen LogP contribution in [0.15, 0.2) is 52.4 Å².